The molecule has 0 N–H and O–H groups in total. The summed E-state index contributed by atoms with van der Waals surface area (Å²) in [6, 6.07) is 0. The van der Waals surface area contributed by atoms with Crippen LogP contribution in [0.15, 0.2) is 85.1 Å². The van der Waals surface area contributed by atoms with Gasteiger partial charge in [0.05, 0.1) is 0 Å². The summed E-state index contributed by atoms with van der Waals surface area (Å²) in [4.78, 5) is 38.0. The minimum Gasteiger partial charge on any atom is -0.462 e. The van der Waals surface area contributed by atoms with Crippen molar-refractivity contribution in [2.24, 2.45) is 0 Å². The fourth-order valence-corrected chi connectivity index (χ4v) is 8.80. The van der Waals surface area contributed by atoms with E-state index >= 15 is 0 Å². The van der Waals surface area contributed by atoms with Crippen LogP contribution in [0.2, 0.25) is 0 Å². The standard InChI is InChI=1S/C67H116O6/c1-4-7-10-13-16-18-20-22-24-26-27-28-29-30-31-32-33-34-35-36-37-38-39-41-42-44-46-48-51-54-57-60-66(69)72-63-64(62-71-65(68)59-56-53-50-15-12-9-6-3)73-67(70)61-58-55-52-49-47-45-43-40-25-23-21-19-17-14-11-8-5-2/h7-8,10-11,16-19,22-25,27-28,64H,4-6,9,12-15,20-21,26,29-63H2,1-3H3/b10-7-,11-8-,18-16-,19-17-,24-22-,25-23-,28-27-. The molecule has 0 amide bonds. The Labute approximate surface area is 452 Å². The van der Waals surface area contributed by atoms with Crippen molar-refractivity contribution in [2.45, 2.75) is 309 Å². The second-order valence-corrected chi connectivity index (χ2v) is 20.6. The molecule has 0 spiro atoms. The lowest BCUT2D eigenvalue weighted by Crippen LogP contribution is -2.30. The fourth-order valence-electron chi connectivity index (χ4n) is 8.80. The Morgan fingerprint density at radius 2 is 0.534 bits per heavy atom. The van der Waals surface area contributed by atoms with Crippen LogP contribution in [0.4, 0.5) is 0 Å². The van der Waals surface area contributed by atoms with E-state index in [1.54, 1.807) is 0 Å². The Balaban J connectivity index is 4.04. The van der Waals surface area contributed by atoms with Crippen molar-refractivity contribution in [3.05, 3.63) is 85.1 Å². The van der Waals surface area contributed by atoms with E-state index in [0.29, 0.717) is 19.3 Å². The highest BCUT2D eigenvalue weighted by molar-refractivity contribution is 5.71. The predicted octanol–water partition coefficient (Wildman–Crippen LogP) is 21.1. The Morgan fingerprint density at radius 3 is 0.836 bits per heavy atom. The van der Waals surface area contributed by atoms with Crippen LogP contribution >= 0.6 is 0 Å². The minimum atomic E-state index is -0.777. The van der Waals surface area contributed by atoms with Gasteiger partial charge in [0, 0.05) is 19.3 Å². The molecule has 6 heteroatoms. The van der Waals surface area contributed by atoms with Gasteiger partial charge in [0.15, 0.2) is 6.10 Å². The number of carbonyl (C=O) groups is 3. The van der Waals surface area contributed by atoms with E-state index in [9.17, 15) is 14.4 Å². The first kappa shape index (κ1) is 69.6. The van der Waals surface area contributed by atoms with E-state index in [2.05, 4.69) is 106 Å². The number of hydrogen-bond donors (Lipinski definition) is 0. The third-order valence-corrected chi connectivity index (χ3v) is 13.4. The van der Waals surface area contributed by atoms with Crippen molar-refractivity contribution in [1.29, 1.82) is 0 Å². The van der Waals surface area contributed by atoms with E-state index in [-0.39, 0.29) is 31.1 Å². The molecule has 0 heterocycles. The summed E-state index contributed by atoms with van der Waals surface area (Å²) in [5.41, 5.74) is 0. The maximum absolute atomic E-state index is 12.8. The quantitative estimate of drug-likeness (QED) is 0.0261. The lowest BCUT2D eigenvalue weighted by molar-refractivity contribution is -0.167. The lowest BCUT2D eigenvalue weighted by atomic mass is 10.0. The molecular formula is C67H116O6. The second-order valence-electron chi connectivity index (χ2n) is 20.6. The highest BCUT2D eigenvalue weighted by Gasteiger charge is 2.19. The molecule has 0 saturated heterocycles. The molecule has 0 aromatic carbocycles. The lowest BCUT2D eigenvalue weighted by Gasteiger charge is -2.18. The van der Waals surface area contributed by atoms with Gasteiger partial charge in [0.1, 0.15) is 13.2 Å². The number of rotatable bonds is 56. The second kappa shape index (κ2) is 61.1. The Hall–Kier alpha value is -3.41. The van der Waals surface area contributed by atoms with Gasteiger partial charge in [-0.1, -0.05) is 279 Å². The van der Waals surface area contributed by atoms with Crippen molar-refractivity contribution in [2.75, 3.05) is 13.2 Å². The molecular weight excluding hydrogens is 901 g/mol. The molecule has 0 bridgehead atoms. The Morgan fingerprint density at radius 1 is 0.288 bits per heavy atom. The van der Waals surface area contributed by atoms with E-state index in [4.69, 9.17) is 14.2 Å². The van der Waals surface area contributed by atoms with E-state index in [0.717, 1.165) is 109 Å². The summed E-state index contributed by atoms with van der Waals surface area (Å²) in [5, 5.41) is 0. The zero-order chi connectivity index (χ0) is 52.9. The highest BCUT2D eigenvalue weighted by Crippen LogP contribution is 2.17. The van der Waals surface area contributed by atoms with Gasteiger partial charge in [-0.15, -0.1) is 0 Å². The van der Waals surface area contributed by atoms with E-state index in [1.165, 1.54) is 154 Å². The predicted molar refractivity (Wildman–Crippen MR) is 316 cm³/mol. The molecule has 0 saturated carbocycles. The normalized spacial score (nSPS) is 12.6. The number of esters is 3. The highest BCUT2D eigenvalue weighted by atomic mass is 16.6. The fraction of sp³-hybridized carbons (Fsp3) is 0.746. The number of hydrogen-bond acceptors (Lipinski definition) is 6. The summed E-state index contributed by atoms with van der Waals surface area (Å²) in [7, 11) is 0. The first-order valence-electron chi connectivity index (χ1n) is 31.1. The molecule has 0 aromatic rings. The number of ether oxygens (including phenoxy) is 3. The number of unbranched alkanes of at least 4 members (excludes halogenated alkanes) is 31. The Kier molecular flexibility index (Phi) is 58.3. The van der Waals surface area contributed by atoms with Crippen molar-refractivity contribution in [1.82, 2.24) is 0 Å². The van der Waals surface area contributed by atoms with Crippen LogP contribution in [-0.4, -0.2) is 37.2 Å². The molecule has 420 valence electrons. The molecule has 1 unspecified atom stereocenters. The van der Waals surface area contributed by atoms with Crippen molar-refractivity contribution < 1.29 is 28.6 Å². The van der Waals surface area contributed by atoms with Crippen LogP contribution in [0, 0.1) is 0 Å². The van der Waals surface area contributed by atoms with Gasteiger partial charge in [-0.2, -0.15) is 0 Å². The summed E-state index contributed by atoms with van der Waals surface area (Å²) >= 11 is 0. The third kappa shape index (κ3) is 59.3. The first-order chi connectivity index (χ1) is 36.0. The SMILES string of the molecule is CC/C=C\C/C=C\C/C=C\C/C=C\CCCCCCCCCCCCCCCCCCCCC(=O)OCC(COC(=O)CCCCCCCCC)OC(=O)CCCCCCCCC/C=C\C/C=C\C/C=C\CC. The maximum atomic E-state index is 12.8. The summed E-state index contributed by atoms with van der Waals surface area (Å²) in [6.45, 7) is 6.39. The molecule has 0 rings (SSSR count). The van der Waals surface area contributed by atoms with Gasteiger partial charge in [-0.05, 0) is 89.9 Å². The van der Waals surface area contributed by atoms with Crippen molar-refractivity contribution in [3.8, 4) is 0 Å². The molecule has 73 heavy (non-hydrogen) atoms. The zero-order valence-electron chi connectivity index (χ0n) is 48.1. The van der Waals surface area contributed by atoms with Crippen LogP contribution in [0.25, 0.3) is 0 Å². The van der Waals surface area contributed by atoms with E-state index in [1.807, 2.05) is 0 Å². The van der Waals surface area contributed by atoms with Gasteiger partial charge < -0.3 is 14.2 Å². The van der Waals surface area contributed by atoms with Crippen LogP contribution < -0.4 is 0 Å². The van der Waals surface area contributed by atoms with Crippen molar-refractivity contribution >= 4 is 17.9 Å². The Bertz CT molecular complexity index is 1400. The molecule has 1 atom stereocenters. The van der Waals surface area contributed by atoms with E-state index < -0.39 is 6.10 Å². The summed E-state index contributed by atoms with van der Waals surface area (Å²) in [5.74, 6) is -0.883. The molecule has 0 aliphatic rings. The van der Waals surface area contributed by atoms with Gasteiger partial charge in [-0.25, -0.2) is 0 Å². The maximum Gasteiger partial charge on any atom is 0.306 e. The van der Waals surface area contributed by atoms with Gasteiger partial charge in [0.25, 0.3) is 0 Å². The van der Waals surface area contributed by atoms with Crippen molar-refractivity contribution in [3.63, 3.8) is 0 Å². The van der Waals surface area contributed by atoms with Crippen LogP contribution in [0.1, 0.15) is 303 Å². The molecule has 0 aliphatic carbocycles. The van der Waals surface area contributed by atoms with Gasteiger partial charge >= 0.3 is 17.9 Å². The van der Waals surface area contributed by atoms with Crippen LogP contribution in [0.5, 0.6) is 0 Å². The smallest absolute Gasteiger partial charge is 0.306 e. The first-order valence-corrected chi connectivity index (χ1v) is 31.1. The zero-order valence-corrected chi connectivity index (χ0v) is 48.1. The average Bonchev–Trinajstić information content (AvgIpc) is 3.39. The van der Waals surface area contributed by atoms with Gasteiger partial charge in [0.2, 0.25) is 0 Å². The molecule has 0 aromatic heterocycles. The number of carbonyl (C=O) groups excluding carboxylic acids is 3. The average molecular weight is 1020 g/mol. The van der Waals surface area contributed by atoms with Gasteiger partial charge in [-0.3, -0.25) is 14.4 Å². The third-order valence-electron chi connectivity index (χ3n) is 13.4. The monoisotopic (exact) mass is 1020 g/mol. The summed E-state index contributed by atoms with van der Waals surface area (Å²) < 4.78 is 16.8. The summed E-state index contributed by atoms with van der Waals surface area (Å²) in [6.07, 6.45) is 80.5. The molecule has 6 nitrogen and oxygen atoms in total. The molecule has 0 aliphatic heterocycles. The van der Waals surface area contributed by atoms with Crippen LogP contribution in [-0.2, 0) is 28.6 Å². The topological polar surface area (TPSA) is 78.9 Å². The van der Waals surface area contributed by atoms with Crippen LogP contribution in [0.3, 0.4) is 0 Å². The molecule has 0 fully saturated rings. The minimum absolute atomic E-state index is 0.0770. The largest absolute Gasteiger partial charge is 0.462 e. The number of allylic oxidation sites excluding steroid dienone is 14. The molecule has 0 radical (unpaired) electrons.